The minimum atomic E-state index is -0.676. The Morgan fingerprint density at radius 2 is 1.97 bits per heavy atom. The first-order valence-electron chi connectivity index (χ1n) is 12.8. The highest BCUT2D eigenvalue weighted by molar-refractivity contribution is 8.14. The van der Waals surface area contributed by atoms with E-state index in [0.29, 0.717) is 42.1 Å². The molecule has 0 atom stereocenters. The van der Waals surface area contributed by atoms with Crippen LogP contribution < -0.4 is 15.7 Å². The van der Waals surface area contributed by atoms with E-state index in [0.717, 1.165) is 50.3 Å². The van der Waals surface area contributed by atoms with Crippen LogP contribution in [0.1, 0.15) is 61.5 Å². The second-order valence-electron chi connectivity index (χ2n) is 9.03. The average Bonchev–Trinajstić information content (AvgIpc) is 3.49. The summed E-state index contributed by atoms with van der Waals surface area (Å²) < 4.78 is 12.7. The lowest BCUT2D eigenvalue weighted by Crippen LogP contribution is -2.29. The smallest absolute Gasteiger partial charge is 0.349 e. The van der Waals surface area contributed by atoms with Crippen LogP contribution in [0.5, 0.6) is 5.75 Å². The Labute approximate surface area is 223 Å². The van der Waals surface area contributed by atoms with Crippen molar-refractivity contribution >= 4 is 39.8 Å². The van der Waals surface area contributed by atoms with E-state index in [4.69, 9.17) is 9.15 Å². The van der Waals surface area contributed by atoms with Gasteiger partial charge >= 0.3 is 5.63 Å². The number of aromatic nitrogens is 3. The van der Waals surface area contributed by atoms with Crippen molar-refractivity contribution in [2.75, 3.05) is 18.9 Å². The summed E-state index contributed by atoms with van der Waals surface area (Å²) in [4.78, 5) is 49.5. The number of nitrogens with one attached hydrogen (secondary N) is 1. The van der Waals surface area contributed by atoms with Crippen molar-refractivity contribution in [2.24, 2.45) is 0 Å². The minimum absolute atomic E-state index is 0.0185. The molecule has 0 unspecified atom stereocenters. The lowest BCUT2D eigenvalue weighted by molar-refractivity contribution is -0.125. The number of fused-ring (bicyclic) bond motifs is 1. The number of hydrogen-bond donors (Lipinski definition) is 1. The van der Waals surface area contributed by atoms with Gasteiger partial charge in [0.1, 0.15) is 22.6 Å². The zero-order valence-electron chi connectivity index (χ0n) is 21.3. The normalized spacial score (nSPS) is 13.4. The molecule has 1 fully saturated rings. The first-order valence-corrected chi connectivity index (χ1v) is 13.8. The molecule has 12 heteroatoms. The number of carbonyl (C=O) groups excluding carboxylic acids is 3. The second kappa shape index (κ2) is 13.2. The van der Waals surface area contributed by atoms with Gasteiger partial charge in [-0.3, -0.25) is 24.0 Å². The molecule has 1 aromatic carbocycles. The number of benzene rings is 1. The third-order valence-corrected chi connectivity index (χ3v) is 6.92. The van der Waals surface area contributed by atoms with E-state index in [1.54, 1.807) is 35.1 Å². The molecule has 3 heterocycles. The van der Waals surface area contributed by atoms with Crippen molar-refractivity contribution in [3.05, 3.63) is 52.1 Å². The summed E-state index contributed by atoms with van der Waals surface area (Å²) in [5.74, 6) is 0.154. The fourth-order valence-corrected chi connectivity index (χ4v) is 4.66. The number of carbonyl (C=O) groups is 3. The van der Waals surface area contributed by atoms with Crippen molar-refractivity contribution in [2.45, 2.75) is 58.5 Å². The minimum Gasteiger partial charge on any atom is -0.493 e. The summed E-state index contributed by atoms with van der Waals surface area (Å²) in [6.07, 6.45) is 7.16. The maximum Gasteiger partial charge on any atom is 0.349 e. The molecule has 0 saturated carbocycles. The highest BCUT2D eigenvalue weighted by atomic mass is 32.2. The zero-order chi connectivity index (χ0) is 26.9. The predicted molar refractivity (Wildman–Crippen MR) is 142 cm³/mol. The van der Waals surface area contributed by atoms with Gasteiger partial charge in [0.2, 0.25) is 5.91 Å². The van der Waals surface area contributed by atoms with E-state index in [-0.39, 0.29) is 29.0 Å². The Hall–Kier alpha value is -3.67. The lowest BCUT2D eigenvalue weighted by atomic mass is 10.1. The van der Waals surface area contributed by atoms with E-state index in [2.05, 4.69) is 22.6 Å². The van der Waals surface area contributed by atoms with E-state index in [1.807, 2.05) is 0 Å². The molecule has 38 heavy (non-hydrogen) atoms. The topological polar surface area (TPSA) is 137 Å². The standard InChI is InChI=1S/C26H31N5O6S/c1-2-3-12-36-20-9-8-18-13-21(25(34)37-22(18)14-20)24(33)27-10-6-4-5-7-11-30-15-19(28-29-30)16-31-23(32)17-38-26(31)35/h8-9,13-15H,2-7,10-12,16-17H2,1H3,(H,27,33). The largest absolute Gasteiger partial charge is 0.493 e. The number of nitrogens with zero attached hydrogens (tertiary/aromatic N) is 4. The van der Waals surface area contributed by atoms with Crippen molar-refractivity contribution in [1.82, 2.24) is 25.2 Å². The first kappa shape index (κ1) is 27.4. The summed E-state index contributed by atoms with van der Waals surface area (Å²) in [5.41, 5.74) is 0.271. The Balaban J connectivity index is 1.15. The van der Waals surface area contributed by atoms with Crippen molar-refractivity contribution in [3.8, 4) is 5.75 Å². The molecule has 4 rings (SSSR count). The molecular weight excluding hydrogens is 510 g/mol. The van der Waals surface area contributed by atoms with E-state index >= 15 is 0 Å². The molecule has 202 valence electrons. The number of imide groups is 1. The van der Waals surface area contributed by atoms with Gasteiger partial charge in [0.15, 0.2) is 0 Å². The van der Waals surface area contributed by atoms with Gasteiger partial charge in [-0.2, -0.15) is 0 Å². The zero-order valence-corrected chi connectivity index (χ0v) is 22.1. The quantitative estimate of drug-likeness (QED) is 0.239. The third kappa shape index (κ3) is 7.21. The van der Waals surface area contributed by atoms with Crippen LogP contribution in [-0.4, -0.2) is 55.9 Å². The number of thioether (sulfide) groups is 1. The number of aryl methyl sites for hydroxylation is 1. The van der Waals surface area contributed by atoms with Crippen LogP contribution in [0.25, 0.3) is 11.0 Å². The van der Waals surface area contributed by atoms with E-state index in [1.165, 1.54) is 4.90 Å². The molecular formula is C26H31N5O6S. The molecule has 1 aliphatic rings. The van der Waals surface area contributed by atoms with Gasteiger partial charge in [-0.05, 0) is 37.5 Å². The van der Waals surface area contributed by atoms with Crippen LogP contribution in [0.15, 0.2) is 39.7 Å². The number of hydrogen-bond acceptors (Lipinski definition) is 9. The Bertz CT molecular complexity index is 1340. The van der Waals surface area contributed by atoms with Gasteiger partial charge < -0.3 is 14.5 Å². The fraction of sp³-hybridized carbons (Fsp3) is 0.462. The number of unbranched alkanes of at least 4 members (excludes halogenated alkanes) is 4. The van der Waals surface area contributed by atoms with Crippen LogP contribution in [-0.2, 0) is 17.9 Å². The highest BCUT2D eigenvalue weighted by Crippen LogP contribution is 2.22. The molecule has 1 saturated heterocycles. The second-order valence-corrected chi connectivity index (χ2v) is 9.95. The van der Waals surface area contributed by atoms with Gasteiger partial charge in [0, 0.05) is 24.5 Å². The molecule has 11 nitrogen and oxygen atoms in total. The molecule has 1 aliphatic heterocycles. The monoisotopic (exact) mass is 541 g/mol. The van der Waals surface area contributed by atoms with Gasteiger partial charge in [0.25, 0.3) is 11.1 Å². The molecule has 0 bridgehead atoms. The lowest BCUT2D eigenvalue weighted by Gasteiger charge is -2.09. The number of ether oxygens (including phenoxy) is 1. The molecule has 3 aromatic rings. The molecule has 0 aliphatic carbocycles. The van der Waals surface area contributed by atoms with Gasteiger partial charge in [-0.25, -0.2) is 4.79 Å². The van der Waals surface area contributed by atoms with Crippen LogP contribution in [0.3, 0.4) is 0 Å². The summed E-state index contributed by atoms with van der Waals surface area (Å²) in [5, 5.41) is 11.3. The summed E-state index contributed by atoms with van der Waals surface area (Å²) in [6.45, 7) is 3.94. The highest BCUT2D eigenvalue weighted by Gasteiger charge is 2.30. The van der Waals surface area contributed by atoms with Crippen LogP contribution in [0, 0.1) is 0 Å². The maximum absolute atomic E-state index is 12.5. The van der Waals surface area contributed by atoms with E-state index in [9.17, 15) is 19.2 Å². The molecule has 0 spiro atoms. The van der Waals surface area contributed by atoms with Gasteiger partial charge in [0.05, 0.1) is 25.1 Å². The Kier molecular flexibility index (Phi) is 9.52. The maximum atomic E-state index is 12.5. The SMILES string of the molecule is CCCCOc1ccc2cc(C(=O)NCCCCCCn3cc(CN4C(=O)CSC4=O)nn3)c(=O)oc2c1. The first-order chi connectivity index (χ1) is 18.4. The summed E-state index contributed by atoms with van der Waals surface area (Å²) in [6, 6.07) is 6.79. The van der Waals surface area contributed by atoms with Crippen molar-refractivity contribution in [3.63, 3.8) is 0 Å². The molecule has 0 radical (unpaired) electrons. The predicted octanol–water partition coefficient (Wildman–Crippen LogP) is 3.75. The van der Waals surface area contributed by atoms with E-state index < -0.39 is 11.5 Å². The number of amides is 3. The van der Waals surface area contributed by atoms with Gasteiger partial charge in [-0.1, -0.05) is 43.2 Å². The van der Waals surface area contributed by atoms with Crippen LogP contribution in [0.2, 0.25) is 0 Å². The van der Waals surface area contributed by atoms with Crippen molar-refractivity contribution in [1.29, 1.82) is 0 Å². The van der Waals surface area contributed by atoms with Crippen LogP contribution in [0.4, 0.5) is 4.79 Å². The van der Waals surface area contributed by atoms with Gasteiger partial charge in [-0.15, -0.1) is 5.10 Å². The summed E-state index contributed by atoms with van der Waals surface area (Å²) >= 11 is 0.999. The third-order valence-electron chi connectivity index (χ3n) is 6.06. The average molecular weight is 542 g/mol. The number of rotatable bonds is 14. The Morgan fingerprint density at radius 1 is 1.13 bits per heavy atom. The Morgan fingerprint density at radius 3 is 2.76 bits per heavy atom. The summed E-state index contributed by atoms with van der Waals surface area (Å²) in [7, 11) is 0. The fourth-order valence-electron chi connectivity index (χ4n) is 3.94. The molecule has 3 amide bonds. The van der Waals surface area contributed by atoms with Crippen molar-refractivity contribution < 1.29 is 23.5 Å². The molecule has 1 N–H and O–H groups in total. The molecule has 2 aromatic heterocycles. The van der Waals surface area contributed by atoms with Crippen LogP contribution >= 0.6 is 11.8 Å².